The fourth-order valence-corrected chi connectivity index (χ4v) is 2.23. The van der Waals surface area contributed by atoms with E-state index in [0.717, 1.165) is 24.5 Å². The SMILES string of the molecule is COc1ccc(C=CC(=O)O)c(OC2CCCC2)c1. The van der Waals surface area contributed by atoms with Gasteiger partial charge in [0.05, 0.1) is 13.2 Å². The van der Waals surface area contributed by atoms with Crippen molar-refractivity contribution >= 4 is 12.0 Å². The largest absolute Gasteiger partial charge is 0.497 e. The van der Waals surface area contributed by atoms with Crippen LogP contribution in [0.1, 0.15) is 31.2 Å². The quantitative estimate of drug-likeness (QED) is 0.828. The molecule has 0 radical (unpaired) electrons. The summed E-state index contributed by atoms with van der Waals surface area (Å²) >= 11 is 0. The van der Waals surface area contributed by atoms with Gasteiger partial charge < -0.3 is 14.6 Å². The van der Waals surface area contributed by atoms with Crippen LogP contribution in [0.3, 0.4) is 0 Å². The van der Waals surface area contributed by atoms with Gasteiger partial charge in [-0.15, -0.1) is 0 Å². The number of rotatable bonds is 5. The van der Waals surface area contributed by atoms with E-state index >= 15 is 0 Å². The molecule has 0 saturated heterocycles. The molecule has 0 atom stereocenters. The molecule has 1 fully saturated rings. The molecule has 1 aromatic carbocycles. The minimum atomic E-state index is -0.970. The third kappa shape index (κ3) is 3.74. The second-order valence-corrected chi connectivity index (χ2v) is 4.60. The van der Waals surface area contributed by atoms with E-state index in [2.05, 4.69) is 0 Å². The molecule has 1 aliphatic carbocycles. The maximum Gasteiger partial charge on any atom is 0.328 e. The standard InChI is InChI=1S/C15H18O4/c1-18-13-8-6-11(7-9-15(16)17)14(10-13)19-12-4-2-3-5-12/h6-10,12H,2-5H2,1H3,(H,16,17). The highest BCUT2D eigenvalue weighted by Gasteiger charge is 2.18. The van der Waals surface area contributed by atoms with Crippen LogP contribution in [0.4, 0.5) is 0 Å². The summed E-state index contributed by atoms with van der Waals surface area (Å²) in [5, 5.41) is 8.70. The molecule has 102 valence electrons. The first-order valence-corrected chi connectivity index (χ1v) is 6.45. The van der Waals surface area contributed by atoms with Gasteiger partial charge in [0, 0.05) is 17.7 Å². The van der Waals surface area contributed by atoms with Crippen LogP contribution in [0.15, 0.2) is 24.3 Å². The lowest BCUT2D eigenvalue weighted by Crippen LogP contribution is -2.11. The van der Waals surface area contributed by atoms with E-state index < -0.39 is 5.97 Å². The summed E-state index contributed by atoms with van der Waals surface area (Å²) in [4.78, 5) is 10.6. The average Bonchev–Trinajstić information content (AvgIpc) is 2.90. The van der Waals surface area contributed by atoms with Crippen molar-refractivity contribution in [3.8, 4) is 11.5 Å². The van der Waals surface area contributed by atoms with Crippen LogP contribution in [0, 0.1) is 0 Å². The highest BCUT2D eigenvalue weighted by Crippen LogP contribution is 2.30. The molecule has 4 nitrogen and oxygen atoms in total. The summed E-state index contributed by atoms with van der Waals surface area (Å²) in [6, 6.07) is 5.41. The summed E-state index contributed by atoms with van der Waals surface area (Å²) in [6.07, 6.45) is 7.38. The van der Waals surface area contributed by atoms with Gasteiger partial charge in [-0.25, -0.2) is 4.79 Å². The normalized spacial score (nSPS) is 15.8. The van der Waals surface area contributed by atoms with Gasteiger partial charge >= 0.3 is 5.97 Å². The maximum absolute atomic E-state index is 10.6. The first kappa shape index (κ1) is 13.5. The second kappa shape index (κ2) is 6.27. The molecule has 1 saturated carbocycles. The Labute approximate surface area is 112 Å². The third-order valence-electron chi connectivity index (χ3n) is 3.22. The van der Waals surface area contributed by atoms with Crippen molar-refractivity contribution < 1.29 is 19.4 Å². The van der Waals surface area contributed by atoms with Gasteiger partial charge in [-0.1, -0.05) is 0 Å². The van der Waals surface area contributed by atoms with Gasteiger partial charge in [0.25, 0.3) is 0 Å². The highest BCUT2D eigenvalue weighted by molar-refractivity contribution is 5.86. The molecule has 0 bridgehead atoms. The Kier molecular flexibility index (Phi) is 4.44. The molecular weight excluding hydrogens is 244 g/mol. The van der Waals surface area contributed by atoms with Crippen molar-refractivity contribution in [3.05, 3.63) is 29.8 Å². The Morgan fingerprint density at radius 3 is 2.74 bits per heavy atom. The Balaban J connectivity index is 2.22. The third-order valence-corrected chi connectivity index (χ3v) is 3.22. The zero-order valence-electron chi connectivity index (χ0n) is 11.0. The molecular formula is C15H18O4. The number of ether oxygens (including phenoxy) is 2. The number of hydrogen-bond donors (Lipinski definition) is 1. The van der Waals surface area contributed by atoms with Crippen LogP contribution >= 0.6 is 0 Å². The lowest BCUT2D eigenvalue weighted by atomic mass is 10.1. The summed E-state index contributed by atoms with van der Waals surface area (Å²) < 4.78 is 11.1. The van der Waals surface area contributed by atoms with Crippen LogP contribution in [0.5, 0.6) is 11.5 Å². The van der Waals surface area contributed by atoms with Crippen molar-refractivity contribution in [1.82, 2.24) is 0 Å². The van der Waals surface area contributed by atoms with Crippen LogP contribution < -0.4 is 9.47 Å². The maximum atomic E-state index is 10.6. The fourth-order valence-electron chi connectivity index (χ4n) is 2.23. The number of carboxylic acids is 1. The Bertz CT molecular complexity index is 473. The molecule has 1 N–H and O–H groups in total. The zero-order valence-corrected chi connectivity index (χ0v) is 11.0. The minimum Gasteiger partial charge on any atom is -0.497 e. The number of aliphatic carboxylic acids is 1. The molecule has 19 heavy (non-hydrogen) atoms. The molecule has 4 heteroatoms. The predicted octanol–water partition coefficient (Wildman–Crippen LogP) is 3.11. The molecule has 0 aromatic heterocycles. The molecule has 0 aliphatic heterocycles. The summed E-state index contributed by atoms with van der Waals surface area (Å²) in [7, 11) is 1.60. The zero-order chi connectivity index (χ0) is 13.7. The van der Waals surface area contributed by atoms with Crippen molar-refractivity contribution in [2.24, 2.45) is 0 Å². The predicted molar refractivity (Wildman–Crippen MR) is 72.5 cm³/mol. The number of benzene rings is 1. The molecule has 0 amide bonds. The van der Waals surface area contributed by atoms with Crippen LogP contribution in [-0.2, 0) is 4.79 Å². The molecule has 1 aromatic rings. The van der Waals surface area contributed by atoms with E-state index in [0.29, 0.717) is 11.5 Å². The van der Waals surface area contributed by atoms with Gasteiger partial charge in [-0.05, 0) is 43.9 Å². The number of hydrogen-bond acceptors (Lipinski definition) is 3. The first-order valence-electron chi connectivity index (χ1n) is 6.45. The van der Waals surface area contributed by atoms with Crippen LogP contribution in [0.25, 0.3) is 6.08 Å². The fraction of sp³-hybridized carbons (Fsp3) is 0.400. The van der Waals surface area contributed by atoms with E-state index in [1.54, 1.807) is 25.3 Å². The highest BCUT2D eigenvalue weighted by atomic mass is 16.5. The summed E-state index contributed by atoms with van der Waals surface area (Å²) in [5.41, 5.74) is 0.759. The van der Waals surface area contributed by atoms with Crippen molar-refractivity contribution in [2.75, 3.05) is 7.11 Å². The number of carboxylic acid groups (broad SMARTS) is 1. The van der Waals surface area contributed by atoms with E-state index in [4.69, 9.17) is 14.6 Å². The van der Waals surface area contributed by atoms with Gasteiger partial charge in [0.15, 0.2) is 0 Å². The van der Waals surface area contributed by atoms with Crippen LogP contribution in [0.2, 0.25) is 0 Å². The van der Waals surface area contributed by atoms with Crippen molar-refractivity contribution in [2.45, 2.75) is 31.8 Å². The van der Waals surface area contributed by atoms with Crippen molar-refractivity contribution in [1.29, 1.82) is 0 Å². The monoisotopic (exact) mass is 262 g/mol. The Morgan fingerprint density at radius 1 is 1.37 bits per heavy atom. The molecule has 0 spiro atoms. The van der Waals surface area contributed by atoms with E-state index in [-0.39, 0.29) is 6.10 Å². The van der Waals surface area contributed by atoms with Gasteiger partial charge in [0.1, 0.15) is 11.5 Å². The number of methoxy groups -OCH3 is 1. The molecule has 1 aliphatic rings. The van der Waals surface area contributed by atoms with Gasteiger partial charge in [-0.3, -0.25) is 0 Å². The summed E-state index contributed by atoms with van der Waals surface area (Å²) in [5.74, 6) is 0.423. The summed E-state index contributed by atoms with van der Waals surface area (Å²) in [6.45, 7) is 0. The average molecular weight is 262 g/mol. The minimum absolute atomic E-state index is 0.226. The van der Waals surface area contributed by atoms with Crippen LogP contribution in [-0.4, -0.2) is 24.3 Å². The van der Waals surface area contributed by atoms with E-state index in [1.807, 2.05) is 6.07 Å². The topological polar surface area (TPSA) is 55.8 Å². The van der Waals surface area contributed by atoms with E-state index in [9.17, 15) is 4.79 Å². The lowest BCUT2D eigenvalue weighted by molar-refractivity contribution is -0.131. The second-order valence-electron chi connectivity index (χ2n) is 4.60. The smallest absolute Gasteiger partial charge is 0.328 e. The lowest BCUT2D eigenvalue weighted by Gasteiger charge is -2.16. The van der Waals surface area contributed by atoms with E-state index in [1.165, 1.54) is 12.8 Å². The molecule has 2 rings (SSSR count). The Morgan fingerprint density at radius 2 is 2.11 bits per heavy atom. The first-order chi connectivity index (χ1) is 9.19. The Hall–Kier alpha value is -1.97. The number of carbonyl (C=O) groups is 1. The van der Waals surface area contributed by atoms with Gasteiger partial charge in [0.2, 0.25) is 0 Å². The molecule has 0 heterocycles. The van der Waals surface area contributed by atoms with Crippen molar-refractivity contribution in [3.63, 3.8) is 0 Å². The van der Waals surface area contributed by atoms with Gasteiger partial charge in [-0.2, -0.15) is 0 Å². The molecule has 0 unspecified atom stereocenters.